The van der Waals surface area contributed by atoms with Crippen molar-refractivity contribution in [1.29, 1.82) is 5.41 Å². The molecule has 0 atom stereocenters. The second-order valence-electron chi connectivity index (χ2n) is 7.72. The molecular weight excluding hydrogens is 364 g/mol. The number of pyridine rings is 1. The molecule has 0 amide bonds. The Hall–Kier alpha value is -3.35. The zero-order valence-electron chi connectivity index (χ0n) is 16.2. The van der Waals surface area contributed by atoms with Crippen LogP contribution in [0.5, 0.6) is 0 Å². The maximum Gasteiger partial charge on any atom is 0.145 e. The van der Waals surface area contributed by atoms with Crippen LogP contribution < -0.4 is 4.90 Å². The van der Waals surface area contributed by atoms with Crippen LogP contribution in [0.1, 0.15) is 30.7 Å². The molecule has 0 bridgehead atoms. The van der Waals surface area contributed by atoms with E-state index in [-0.39, 0.29) is 11.6 Å². The average molecular weight is 388 g/mol. The molecule has 1 aromatic carbocycles. The second-order valence-corrected chi connectivity index (χ2v) is 7.72. The van der Waals surface area contributed by atoms with Crippen molar-refractivity contribution in [2.45, 2.75) is 25.8 Å². The third kappa shape index (κ3) is 3.33. The molecule has 0 aliphatic carbocycles. The Morgan fingerprint density at radius 3 is 2.79 bits per heavy atom. The number of H-pyrrole nitrogens is 1. The topological polar surface area (TPSA) is 92.1 Å². The first-order valence-corrected chi connectivity index (χ1v) is 10.1. The van der Waals surface area contributed by atoms with Gasteiger partial charge in [-0.15, -0.1) is 0 Å². The standard InChI is InChI=1S/C22H24N6O/c23-21-20(19(29)14-28(21)13-15-5-4-8-24-12-15)22-25-17-7-6-16(11-18(17)26-22)27-9-2-1-3-10-27/h4-8,11-12,23,29H,1-3,9-10,13-14H2,(H,25,26). The van der Waals surface area contributed by atoms with Crippen molar-refractivity contribution in [1.82, 2.24) is 19.9 Å². The van der Waals surface area contributed by atoms with Gasteiger partial charge in [-0.25, -0.2) is 4.98 Å². The van der Waals surface area contributed by atoms with Gasteiger partial charge < -0.3 is 19.9 Å². The number of nitrogens with zero attached hydrogens (tertiary/aromatic N) is 4. The molecule has 0 radical (unpaired) electrons. The quantitative estimate of drug-likeness (QED) is 0.634. The van der Waals surface area contributed by atoms with Gasteiger partial charge in [0.15, 0.2) is 0 Å². The number of aliphatic hydroxyl groups is 1. The highest BCUT2D eigenvalue weighted by atomic mass is 16.3. The van der Waals surface area contributed by atoms with Crippen molar-refractivity contribution in [2.75, 3.05) is 24.5 Å². The Bertz CT molecular complexity index is 1080. The second kappa shape index (κ2) is 7.24. The van der Waals surface area contributed by atoms with E-state index in [1.54, 1.807) is 12.4 Å². The molecule has 7 nitrogen and oxygen atoms in total. The first-order chi connectivity index (χ1) is 14.2. The predicted molar refractivity (Wildman–Crippen MR) is 114 cm³/mol. The molecule has 2 aliphatic heterocycles. The van der Waals surface area contributed by atoms with Gasteiger partial charge >= 0.3 is 0 Å². The minimum Gasteiger partial charge on any atom is -0.510 e. The van der Waals surface area contributed by atoms with Crippen molar-refractivity contribution in [2.24, 2.45) is 0 Å². The molecule has 4 heterocycles. The summed E-state index contributed by atoms with van der Waals surface area (Å²) in [6.07, 6.45) is 7.28. The monoisotopic (exact) mass is 388 g/mol. The van der Waals surface area contributed by atoms with Gasteiger partial charge in [0.05, 0.1) is 23.2 Å². The normalized spacial score (nSPS) is 17.6. The van der Waals surface area contributed by atoms with Gasteiger partial charge in [0.25, 0.3) is 0 Å². The minimum absolute atomic E-state index is 0.175. The molecule has 0 saturated carbocycles. The van der Waals surface area contributed by atoms with Gasteiger partial charge in [-0.05, 0) is 49.1 Å². The van der Waals surface area contributed by atoms with Crippen LogP contribution in [0.25, 0.3) is 16.6 Å². The minimum atomic E-state index is 0.175. The highest BCUT2D eigenvalue weighted by Crippen LogP contribution is 2.30. The van der Waals surface area contributed by atoms with Crippen molar-refractivity contribution in [3.63, 3.8) is 0 Å². The van der Waals surface area contributed by atoms with E-state index in [0.717, 1.165) is 29.7 Å². The molecule has 5 rings (SSSR count). The molecule has 2 aromatic heterocycles. The number of nitrogens with one attached hydrogen (secondary N) is 2. The zero-order valence-corrected chi connectivity index (χ0v) is 16.2. The molecule has 148 valence electrons. The third-order valence-electron chi connectivity index (χ3n) is 5.70. The lowest BCUT2D eigenvalue weighted by Gasteiger charge is -2.28. The Balaban J connectivity index is 1.41. The summed E-state index contributed by atoms with van der Waals surface area (Å²) in [6.45, 7) is 3.01. The summed E-state index contributed by atoms with van der Waals surface area (Å²) >= 11 is 0. The number of rotatable bonds is 4. The lowest BCUT2D eigenvalue weighted by Crippen LogP contribution is -2.29. The van der Waals surface area contributed by atoms with Crippen LogP contribution in [0.3, 0.4) is 0 Å². The SMILES string of the molecule is N=C1C(c2nc3ccc(N4CCCCC4)cc3[nH]2)=C(O)CN1Cc1cccnc1. The van der Waals surface area contributed by atoms with Crippen LogP contribution >= 0.6 is 0 Å². The maximum atomic E-state index is 10.6. The molecular formula is C22H24N6O. The van der Waals surface area contributed by atoms with Crippen LogP contribution in [-0.4, -0.2) is 50.4 Å². The number of benzene rings is 1. The van der Waals surface area contributed by atoms with Crippen molar-refractivity contribution in [3.8, 4) is 0 Å². The number of hydrogen-bond acceptors (Lipinski definition) is 5. The molecule has 7 heteroatoms. The molecule has 3 aromatic rings. The highest BCUT2D eigenvalue weighted by Gasteiger charge is 2.30. The van der Waals surface area contributed by atoms with E-state index in [0.29, 0.717) is 24.5 Å². The summed E-state index contributed by atoms with van der Waals surface area (Å²) in [5, 5.41) is 19.1. The molecule has 0 spiro atoms. The van der Waals surface area contributed by atoms with Crippen LogP contribution in [0.15, 0.2) is 48.5 Å². The maximum absolute atomic E-state index is 10.6. The van der Waals surface area contributed by atoms with E-state index in [1.165, 1.54) is 24.9 Å². The number of amidine groups is 1. The Morgan fingerprint density at radius 1 is 1.14 bits per heavy atom. The zero-order chi connectivity index (χ0) is 19.8. The van der Waals surface area contributed by atoms with E-state index in [9.17, 15) is 5.11 Å². The number of aromatic nitrogens is 3. The van der Waals surface area contributed by atoms with E-state index in [4.69, 9.17) is 5.41 Å². The molecule has 29 heavy (non-hydrogen) atoms. The Morgan fingerprint density at radius 2 is 2.00 bits per heavy atom. The summed E-state index contributed by atoms with van der Waals surface area (Å²) in [5.41, 5.74) is 4.46. The third-order valence-corrected chi connectivity index (χ3v) is 5.70. The molecule has 1 fully saturated rings. The number of aromatic amines is 1. The predicted octanol–water partition coefficient (Wildman–Crippen LogP) is 3.71. The summed E-state index contributed by atoms with van der Waals surface area (Å²) in [6, 6.07) is 10.1. The molecule has 3 N–H and O–H groups in total. The summed E-state index contributed by atoms with van der Waals surface area (Å²) in [4.78, 5) is 16.3. The van der Waals surface area contributed by atoms with Crippen LogP contribution in [0, 0.1) is 5.41 Å². The Kier molecular flexibility index (Phi) is 4.42. The van der Waals surface area contributed by atoms with Crippen molar-refractivity contribution < 1.29 is 5.11 Å². The van der Waals surface area contributed by atoms with E-state index >= 15 is 0 Å². The lowest BCUT2D eigenvalue weighted by molar-refractivity contribution is 0.346. The lowest BCUT2D eigenvalue weighted by atomic mass is 10.1. The van der Waals surface area contributed by atoms with Crippen molar-refractivity contribution >= 4 is 28.1 Å². The largest absolute Gasteiger partial charge is 0.510 e. The summed E-state index contributed by atoms with van der Waals surface area (Å²) in [7, 11) is 0. The van der Waals surface area contributed by atoms with Crippen LogP contribution in [0.4, 0.5) is 5.69 Å². The summed E-state index contributed by atoms with van der Waals surface area (Å²) < 4.78 is 0. The smallest absolute Gasteiger partial charge is 0.145 e. The molecule has 0 unspecified atom stereocenters. The van der Waals surface area contributed by atoms with E-state index < -0.39 is 0 Å². The van der Waals surface area contributed by atoms with Gasteiger partial charge in [-0.3, -0.25) is 10.4 Å². The molecule has 1 saturated heterocycles. The highest BCUT2D eigenvalue weighted by molar-refractivity contribution is 6.23. The number of hydrogen-bond donors (Lipinski definition) is 3. The van der Waals surface area contributed by atoms with Gasteiger partial charge in [0.1, 0.15) is 17.4 Å². The van der Waals surface area contributed by atoms with E-state index in [2.05, 4.69) is 32.0 Å². The fourth-order valence-corrected chi connectivity index (χ4v) is 4.19. The fraction of sp³-hybridized carbons (Fsp3) is 0.318. The number of fused-ring (bicyclic) bond motifs is 1. The number of imidazole rings is 1. The summed E-state index contributed by atoms with van der Waals surface area (Å²) in [5.74, 6) is 1.00. The number of aliphatic hydroxyl groups excluding tert-OH is 1. The van der Waals surface area contributed by atoms with Gasteiger partial charge in [0, 0.05) is 37.7 Å². The molecule has 2 aliphatic rings. The van der Waals surface area contributed by atoms with Gasteiger partial charge in [-0.1, -0.05) is 6.07 Å². The number of anilines is 1. The van der Waals surface area contributed by atoms with Gasteiger partial charge in [-0.2, -0.15) is 0 Å². The van der Waals surface area contributed by atoms with Crippen LogP contribution in [0.2, 0.25) is 0 Å². The number of piperidine rings is 1. The Labute approximate surface area is 169 Å². The van der Waals surface area contributed by atoms with Gasteiger partial charge in [0.2, 0.25) is 0 Å². The van der Waals surface area contributed by atoms with Crippen molar-refractivity contribution in [3.05, 3.63) is 59.9 Å². The van der Waals surface area contributed by atoms with E-state index in [1.807, 2.05) is 23.1 Å². The first-order valence-electron chi connectivity index (χ1n) is 10.1. The average Bonchev–Trinajstić information content (AvgIpc) is 3.28. The fourth-order valence-electron chi connectivity index (χ4n) is 4.19. The van der Waals surface area contributed by atoms with Crippen LogP contribution in [-0.2, 0) is 6.54 Å². The first kappa shape index (κ1) is 17.7.